The normalized spacial score (nSPS) is 11.9. The van der Waals surface area contributed by atoms with E-state index in [0.29, 0.717) is 22.5 Å². The molecule has 0 saturated heterocycles. The molecule has 0 fully saturated rings. The van der Waals surface area contributed by atoms with Gasteiger partial charge in [0.05, 0.1) is 12.1 Å². The molecular formula is C21H20ClNO5. The number of amides is 1. The van der Waals surface area contributed by atoms with Crippen LogP contribution in [-0.2, 0) is 11.3 Å². The van der Waals surface area contributed by atoms with Crippen molar-refractivity contribution in [3.63, 3.8) is 0 Å². The van der Waals surface area contributed by atoms with Crippen LogP contribution >= 0.6 is 11.6 Å². The zero-order valence-corrected chi connectivity index (χ0v) is 16.5. The second-order valence-corrected chi connectivity index (χ2v) is 6.76. The quantitative estimate of drug-likeness (QED) is 0.635. The maximum Gasteiger partial charge on any atom is 0.336 e. The Kier molecular flexibility index (Phi) is 5.90. The van der Waals surface area contributed by atoms with E-state index in [2.05, 4.69) is 5.32 Å². The van der Waals surface area contributed by atoms with Crippen molar-refractivity contribution in [2.45, 2.75) is 26.5 Å². The smallest absolute Gasteiger partial charge is 0.336 e. The first-order chi connectivity index (χ1) is 13.4. The molecule has 1 amide bonds. The molecule has 3 aromatic rings. The third kappa shape index (κ3) is 4.46. The molecule has 0 spiro atoms. The molecule has 0 radical (unpaired) electrons. The number of hydrogen-bond acceptors (Lipinski definition) is 5. The molecule has 0 bridgehead atoms. The first-order valence-corrected chi connectivity index (χ1v) is 9.06. The fraction of sp³-hybridized carbons (Fsp3) is 0.238. The average Bonchev–Trinajstić information content (AvgIpc) is 2.67. The summed E-state index contributed by atoms with van der Waals surface area (Å²) in [4.78, 5) is 23.9. The van der Waals surface area contributed by atoms with Gasteiger partial charge in [-0.25, -0.2) is 4.79 Å². The van der Waals surface area contributed by atoms with Crippen LogP contribution in [0.4, 0.5) is 0 Å². The van der Waals surface area contributed by atoms with Crippen molar-refractivity contribution in [3.8, 4) is 11.5 Å². The van der Waals surface area contributed by atoms with Gasteiger partial charge in [0.25, 0.3) is 5.91 Å². The van der Waals surface area contributed by atoms with Gasteiger partial charge in [0.15, 0.2) is 6.10 Å². The molecule has 6 nitrogen and oxygen atoms in total. The zero-order valence-electron chi connectivity index (χ0n) is 15.7. The number of nitrogens with one attached hydrogen (secondary N) is 1. The molecule has 0 saturated carbocycles. The van der Waals surface area contributed by atoms with Crippen LogP contribution in [0.2, 0.25) is 5.02 Å². The summed E-state index contributed by atoms with van der Waals surface area (Å²) in [6.45, 7) is 3.78. The van der Waals surface area contributed by atoms with E-state index >= 15 is 0 Å². The van der Waals surface area contributed by atoms with Gasteiger partial charge in [0.2, 0.25) is 0 Å². The van der Waals surface area contributed by atoms with Crippen LogP contribution in [0.15, 0.2) is 51.7 Å². The zero-order chi connectivity index (χ0) is 20.3. The summed E-state index contributed by atoms with van der Waals surface area (Å²) in [5.41, 5.74) is 1.59. The van der Waals surface area contributed by atoms with Crippen molar-refractivity contribution in [2.24, 2.45) is 0 Å². The van der Waals surface area contributed by atoms with Gasteiger partial charge in [-0.2, -0.15) is 0 Å². The van der Waals surface area contributed by atoms with E-state index in [1.54, 1.807) is 27.0 Å². The summed E-state index contributed by atoms with van der Waals surface area (Å²) in [5, 5.41) is 3.86. The molecule has 146 valence electrons. The van der Waals surface area contributed by atoms with E-state index in [1.165, 1.54) is 12.1 Å². The highest BCUT2D eigenvalue weighted by molar-refractivity contribution is 6.32. The molecule has 0 aliphatic carbocycles. The standard InChI is InChI=1S/C21H20ClNO5/c1-12-8-20(24)28-18-10-19(17(22)9-16(12)18)27-13(2)21(25)23-11-14-4-6-15(26-3)7-5-14/h4-10,13H,11H2,1-3H3,(H,23,25). The van der Waals surface area contributed by atoms with Crippen LogP contribution in [0.1, 0.15) is 18.1 Å². The second kappa shape index (κ2) is 8.35. The number of aryl methyl sites for hydroxylation is 1. The lowest BCUT2D eigenvalue weighted by atomic mass is 10.1. The number of ether oxygens (including phenoxy) is 2. The van der Waals surface area contributed by atoms with Crippen molar-refractivity contribution in [2.75, 3.05) is 7.11 Å². The van der Waals surface area contributed by atoms with E-state index in [-0.39, 0.29) is 11.7 Å². The molecule has 0 aliphatic heterocycles. The third-order valence-electron chi connectivity index (χ3n) is 4.30. The van der Waals surface area contributed by atoms with Gasteiger partial charge in [-0.3, -0.25) is 4.79 Å². The Morgan fingerprint density at radius 1 is 1.21 bits per heavy atom. The minimum atomic E-state index is -0.787. The predicted octanol–water partition coefficient (Wildman–Crippen LogP) is 3.85. The van der Waals surface area contributed by atoms with Gasteiger partial charge < -0.3 is 19.2 Å². The molecular weight excluding hydrogens is 382 g/mol. The van der Waals surface area contributed by atoms with Gasteiger partial charge in [-0.05, 0) is 43.2 Å². The number of methoxy groups -OCH3 is 1. The van der Waals surface area contributed by atoms with Crippen LogP contribution in [0.25, 0.3) is 11.0 Å². The largest absolute Gasteiger partial charge is 0.497 e. The highest BCUT2D eigenvalue weighted by atomic mass is 35.5. The van der Waals surface area contributed by atoms with Crippen molar-refractivity contribution in [3.05, 3.63) is 69.0 Å². The fourth-order valence-corrected chi connectivity index (χ4v) is 2.94. The average molecular weight is 402 g/mol. The Balaban J connectivity index is 1.69. The number of rotatable bonds is 6. The van der Waals surface area contributed by atoms with Crippen LogP contribution in [0.3, 0.4) is 0 Å². The minimum absolute atomic E-state index is 0.273. The van der Waals surface area contributed by atoms with E-state index in [1.807, 2.05) is 24.3 Å². The number of hydrogen-bond donors (Lipinski definition) is 1. The lowest BCUT2D eigenvalue weighted by molar-refractivity contribution is -0.127. The molecule has 1 unspecified atom stereocenters. The third-order valence-corrected chi connectivity index (χ3v) is 4.60. The lowest BCUT2D eigenvalue weighted by Gasteiger charge is -2.16. The summed E-state index contributed by atoms with van der Waals surface area (Å²) in [7, 11) is 1.60. The first kappa shape index (κ1) is 19.8. The van der Waals surface area contributed by atoms with Crippen LogP contribution in [0, 0.1) is 6.92 Å². The van der Waals surface area contributed by atoms with E-state index in [4.69, 9.17) is 25.5 Å². The number of carbonyl (C=O) groups excluding carboxylic acids is 1. The Morgan fingerprint density at radius 3 is 2.61 bits per heavy atom. The number of halogens is 1. The molecule has 1 N–H and O–H groups in total. The van der Waals surface area contributed by atoms with Gasteiger partial charge >= 0.3 is 5.63 Å². The predicted molar refractivity (Wildman–Crippen MR) is 107 cm³/mol. The van der Waals surface area contributed by atoms with Crippen molar-refractivity contribution in [1.29, 1.82) is 0 Å². The van der Waals surface area contributed by atoms with Crippen LogP contribution in [0.5, 0.6) is 11.5 Å². The molecule has 1 atom stereocenters. The van der Waals surface area contributed by atoms with Crippen molar-refractivity contribution in [1.82, 2.24) is 5.32 Å². The maximum atomic E-state index is 12.3. The Morgan fingerprint density at radius 2 is 1.93 bits per heavy atom. The number of benzene rings is 2. The Bertz CT molecular complexity index is 1060. The van der Waals surface area contributed by atoms with Gasteiger partial charge in [0.1, 0.15) is 17.1 Å². The van der Waals surface area contributed by atoms with Crippen LogP contribution in [-0.4, -0.2) is 19.1 Å². The molecule has 7 heteroatoms. The number of carbonyl (C=O) groups is 1. The van der Waals surface area contributed by atoms with E-state index in [0.717, 1.165) is 16.9 Å². The summed E-state index contributed by atoms with van der Waals surface area (Å²) in [6.07, 6.45) is -0.787. The highest BCUT2D eigenvalue weighted by Gasteiger charge is 2.17. The molecule has 3 rings (SSSR count). The van der Waals surface area contributed by atoms with Gasteiger partial charge in [-0.1, -0.05) is 23.7 Å². The topological polar surface area (TPSA) is 77.8 Å². The van der Waals surface area contributed by atoms with E-state index in [9.17, 15) is 9.59 Å². The maximum absolute atomic E-state index is 12.3. The summed E-state index contributed by atoms with van der Waals surface area (Å²) < 4.78 is 16.0. The highest BCUT2D eigenvalue weighted by Crippen LogP contribution is 2.31. The molecule has 2 aromatic carbocycles. The summed E-state index contributed by atoms with van der Waals surface area (Å²) >= 11 is 6.28. The molecule has 1 aromatic heterocycles. The molecule has 0 aliphatic rings. The van der Waals surface area contributed by atoms with E-state index < -0.39 is 11.7 Å². The van der Waals surface area contributed by atoms with Gasteiger partial charge in [-0.15, -0.1) is 0 Å². The Hall–Kier alpha value is -2.99. The molecule has 1 heterocycles. The summed E-state index contributed by atoms with van der Waals surface area (Å²) in [5.74, 6) is 0.729. The van der Waals surface area contributed by atoms with Crippen LogP contribution < -0.4 is 20.4 Å². The second-order valence-electron chi connectivity index (χ2n) is 6.35. The fourth-order valence-electron chi connectivity index (χ4n) is 2.73. The van der Waals surface area contributed by atoms with Crippen molar-refractivity contribution >= 4 is 28.5 Å². The first-order valence-electron chi connectivity index (χ1n) is 8.68. The van der Waals surface area contributed by atoms with Crippen molar-refractivity contribution < 1.29 is 18.7 Å². The number of fused-ring (bicyclic) bond motifs is 1. The Labute approximate surface area is 167 Å². The molecule has 28 heavy (non-hydrogen) atoms. The van der Waals surface area contributed by atoms with Gasteiger partial charge in [0, 0.05) is 24.1 Å². The monoisotopic (exact) mass is 401 g/mol. The SMILES string of the molecule is COc1ccc(CNC(=O)C(C)Oc2cc3oc(=O)cc(C)c3cc2Cl)cc1. The lowest BCUT2D eigenvalue weighted by Crippen LogP contribution is -2.35. The minimum Gasteiger partial charge on any atom is -0.497 e. The summed E-state index contributed by atoms with van der Waals surface area (Å²) in [6, 6.07) is 12.0.